The van der Waals surface area contributed by atoms with Crippen molar-refractivity contribution in [2.75, 3.05) is 18.1 Å². The molecule has 1 fully saturated rings. The number of anilines is 2. The lowest BCUT2D eigenvalue weighted by molar-refractivity contribution is -0.146. The van der Waals surface area contributed by atoms with Gasteiger partial charge in [0.2, 0.25) is 0 Å². The molecule has 0 atom stereocenters. The van der Waals surface area contributed by atoms with Gasteiger partial charge in [0.05, 0.1) is 30.0 Å². The van der Waals surface area contributed by atoms with E-state index in [4.69, 9.17) is 14.0 Å². The third-order valence-electron chi connectivity index (χ3n) is 6.70. The maximum absolute atomic E-state index is 13.0. The van der Waals surface area contributed by atoms with E-state index in [1.54, 1.807) is 20.0 Å². The number of pyridine rings is 1. The van der Waals surface area contributed by atoms with Crippen LogP contribution in [-0.4, -0.2) is 35.4 Å². The number of hydrogen-bond donors (Lipinski definition) is 0. The van der Waals surface area contributed by atoms with Gasteiger partial charge in [0.25, 0.3) is 0 Å². The van der Waals surface area contributed by atoms with E-state index in [1.807, 2.05) is 73.7 Å². The average Bonchev–Trinajstić information content (AvgIpc) is 3.68. The summed E-state index contributed by atoms with van der Waals surface area (Å²) in [5.41, 5.74) is 4.52. The summed E-state index contributed by atoms with van der Waals surface area (Å²) in [5.74, 6) is 0.264. The molecule has 1 saturated carbocycles. The van der Waals surface area contributed by atoms with E-state index in [0.717, 1.165) is 29.7 Å². The van der Waals surface area contributed by atoms with Gasteiger partial charge in [-0.3, -0.25) is 9.78 Å². The second-order valence-corrected chi connectivity index (χ2v) is 9.13. The number of para-hydroxylation sites is 1. The van der Waals surface area contributed by atoms with Crippen LogP contribution in [0.1, 0.15) is 37.9 Å². The molecule has 1 aliphatic rings. The fourth-order valence-corrected chi connectivity index (χ4v) is 4.57. The van der Waals surface area contributed by atoms with Gasteiger partial charge in [-0.1, -0.05) is 47.6 Å². The van der Waals surface area contributed by atoms with Crippen molar-refractivity contribution in [3.8, 4) is 22.6 Å². The van der Waals surface area contributed by atoms with Crippen LogP contribution < -0.4 is 4.90 Å². The zero-order chi connectivity index (χ0) is 26.7. The van der Waals surface area contributed by atoms with Gasteiger partial charge >= 0.3 is 12.1 Å². The molecule has 8 nitrogen and oxygen atoms in total. The van der Waals surface area contributed by atoms with E-state index in [1.165, 1.54) is 4.90 Å². The van der Waals surface area contributed by atoms with Crippen LogP contribution >= 0.6 is 0 Å². The lowest BCUT2D eigenvalue weighted by Crippen LogP contribution is -2.27. The highest BCUT2D eigenvalue weighted by atomic mass is 16.6. The lowest BCUT2D eigenvalue weighted by Gasteiger charge is -2.22. The molecule has 0 bridgehead atoms. The van der Waals surface area contributed by atoms with Crippen molar-refractivity contribution in [2.45, 2.75) is 39.0 Å². The lowest BCUT2D eigenvalue weighted by atomic mass is 9.94. The second-order valence-electron chi connectivity index (χ2n) is 9.13. The van der Waals surface area contributed by atoms with E-state index in [-0.39, 0.29) is 12.6 Å². The normalized spacial score (nSPS) is 13.6. The molecule has 194 valence electrons. The number of hydrogen-bond acceptors (Lipinski definition) is 7. The van der Waals surface area contributed by atoms with Gasteiger partial charge < -0.3 is 14.0 Å². The fraction of sp³-hybridized carbons (Fsp3) is 0.267. The van der Waals surface area contributed by atoms with Crippen LogP contribution in [0.5, 0.6) is 0 Å². The topological polar surface area (TPSA) is 94.8 Å². The Balaban J connectivity index is 1.43. The van der Waals surface area contributed by atoms with E-state index in [0.29, 0.717) is 35.0 Å². The van der Waals surface area contributed by atoms with E-state index >= 15 is 0 Å². The monoisotopic (exact) mass is 511 g/mol. The standard InChI is InChI=1S/C30H29N3O5/c1-4-36-28(34)30(17-18-30)23-14-11-21(12-15-23)25-16-13-22(19-31-25)27-26(20(3)32-38-27)33(29(35)37-5-2)24-9-7-6-8-10-24/h6-16,19H,4-5,17-18H2,1-3H3. The Morgan fingerprint density at radius 2 is 1.61 bits per heavy atom. The van der Waals surface area contributed by atoms with Crippen molar-refractivity contribution < 1.29 is 23.6 Å². The molecular formula is C30H29N3O5. The molecule has 2 aromatic carbocycles. The Kier molecular flexibility index (Phi) is 6.96. The first-order valence-electron chi connectivity index (χ1n) is 12.7. The quantitative estimate of drug-likeness (QED) is 0.246. The predicted octanol–water partition coefficient (Wildman–Crippen LogP) is 6.60. The summed E-state index contributed by atoms with van der Waals surface area (Å²) in [6.07, 6.45) is 2.79. The Morgan fingerprint density at radius 3 is 2.21 bits per heavy atom. The molecule has 2 aromatic heterocycles. The molecule has 0 saturated heterocycles. The first-order chi connectivity index (χ1) is 18.5. The van der Waals surface area contributed by atoms with Crippen molar-refractivity contribution in [1.82, 2.24) is 10.1 Å². The van der Waals surface area contributed by atoms with Crippen molar-refractivity contribution in [3.05, 3.63) is 84.2 Å². The van der Waals surface area contributed by atoms with Crippen LogP contribution in [0.3, 0.4) is 0 Å². The first kappa shape index (κ1) is 25.2. The molecule has 0 aliphatic heterocycles. The summed E-state index contributed by atoms with van der Waals surface area (Å²) in [4.78, 5) is 31.5. The SMILES string of the molecule is CCOC(=O)N(c1ccccc1)c1c(C)noc1-c1ccc(-c2ccc(C3(C(=O)OCC)CC3)cc2)nc1. The molecule has 0 unspecified atom stereocenters. The summed E-state index contributed by atoms with van der Waals surface area (Å²) >= 11 is 0. The summed E-state index contributed by atoms with van der Waals surface area (Å²) in [5, 5.41) is 4.14. The van der Waals surface area contributed by atoms with Gasteiger partial charge in [0.15, 0.2) is 5.76 Å². The zero-order valence-electron chi connectivity index (χ0n) is 21.6. The summed E-state index contributed by atoms with van der Waals surface area (Å²) in [6, 6.07) is 20.9. The van der Waals surface area contributed by atoms with E-state index < -0.39 is 11.5 Å². The van der Waals surface area contributed by atoms with Crippen molar-refractivity contribution in [1.29, 1.82) is 0 Å². The number of ether oxygens (including phenoxy) is 2. The maximum Gasteiger partial charge on any atom is 0.419 e. The molecule has 1 aliphatic carbocycles. The van der Waals surface area contributed by atoms with Gasteiger partial charge in [-0.05, 0) is 63.4 Å². The van der Waals surface area contributed by atoms with Crippen LogP contribution in [0.15, 0.2) is 77.4 Å². The molecule has 8 heteroatoms. The molecule has 0 spiro atoms. The molecule has 4 aromatic rings. The highest BCUT2D eigenvalue weighted by Crippen LogP contribution is 2.49. The minimum Gasteiger partial charge on any atom is -0.465 e. The number of carbonyl (C=O) groups excluding carboxylic acids is 2. The third kappa shape index (κ3) is 4.65. The molecule has 38 heavy (non-hydrogen) atoms. The smallest absolute Gasteiger partial charge is 0.419 e. The van der Waals surface area contributed by atoms with Gasteiger partial charge in [-0.2, -0.15) is 0 Å². The van der Waals surface area contributed by atoms with Gasteiger partial charge in [0.1, 0.15) is 11.4 Å². The highest BCUT2D eigenvalue weighted by molar-refractivity contribution is 6.00. The van der Waals surface area contributed by atoms with Crippen LogP contribution in [0.25, 0.3) is 22.6 Å². The number of nitrogens with zero attached hydrogens (tertiary/aromatic N) is 3. The van der Waals surface area contributed by atoms with Crippen LogP contribution in [0.2, 0.25) is 0 Å². The zero-order valence-corrected chi connectivity index (χ0v) is 21.6. The Labute approximate surface area is 221 Å². The largest absolute Gasteiger partial charge is 0.465 e. The Morgan fingerprint density at radius 1 is 0.921 bits per heavy atom. The molecular weight excluding hydrogens is 482 g/mol. The summed E-state index contributed by atoms with van der Waals surface area (Å²) in [7, 11) is 0. The minimum absolute atomic E-state index is 0.152. The minimum atomic E-state index is -0.521. The van der Waals surface area contributed by atoms with Gasteiger partial charge in [-0.25, -0.2) is 9.69 Å². The first-order valence-corrected chi connectivity index (χ1v) is 12.7. The van der Waals surface area contributed by atoms with E-state index in [9.17, 15) is 9.59 Å². The predicted molar refractivity (Wildman–Crippen MR) is 143 cm³/mol. The molecule has 2 heterocycles. The number of benzene rings is 2. The summed E-state index contributed by atoms with van der Waals surface area (Å²) in [6.45, 7) is 5.98. The van der Waals surface area contributed by atoms with Crippen molar-refractivity contribution >= 4 is 23.4 Å². The summed E-state index contributed by atoms with van der Waals surface area (Å²) < 4.78 is 16.3. The Bertz CT molecular complexity index is 1430. The number of amides is 1. The fourth-order valence-electron chi connectivity index (χ4n) is 4.57. The van der Waals surface area contributed by atoms with Crippen LogP contribution in [0.4, 0.5) is 16.2 Å². The third-order valence-corrected chi connectivity index (χ3v) is 6.70. The van der Waals surface area contributed by atoms with Crippen LogP contribution in [0, 0.1) is 6.92 Å². The van der Waals surface area contributed by atoms with Crippen molar-refractivity contribution in [3.63, 3.8) is 0 Å². The number of rotatable bonds is 8. The number of carbonyl (C=O) groups is 2. The average molecular weight is 512 g/mol. The van der Waals surface area contributed by atoms with Gasteiger partial charge in [-0.15, -0.1) is 0 Å². The second kappa shape index (κ2) is 10.5. The van der Waals surface area contributed by atoms with Gasteiger partial charge in [0, 0.05) is 17.3 Å². The van der Waals surface area contributed by atoms with Crippen molar-refractivity contribution in [2.24, 2.45) is 0 Å². The number of aromatic nitrogens is 2. The number of esters is 1. The number of aryl methyl sites for hydroxylation is 1. The molecule has 0 N–H and O–H groups in total. The van der Waals surface area contributed by atoms with Crippen LogP contribution in [-0.2, 0) is 19.7 Å². The maximum atomic E-state index is 13.0. The van der Waals surface area contributed by atoms with E-state index in [2.05, 4.69) is 10.1 Å². The Hall–Kier alpha value is -4.46. The molecule has 5 rings (SSSR count). The highest BCUT2D eigenvalue weighted by Gasteiger charge is 2.52. The molecule has 0 radical (unpaired) electrons. The molecule has 1 amide bonds.